The molecule has 1 heterocycles. The van der Waals surface area contributed by atoms with Gasteiger partial charge in [-0.05, 0) is 60.7 Å². The molecular formula is C24H17ClN2O5. The Bertz CT molecular complexity index is 1210. The largest absolute Gasteiger partial charge is 0.465 e. The van der Waals surface area contributed by atoms with Gasteiger partial charge < -0.3 is 14.8 Å². The lowest BCUT2D eigenvalue weighted by Crippen LogP contribution is -2.32. The number of imide groups is 1. The first-order chi connectivity index (χ1) is 15.5. The van der Waals surface area contributed by atoms with E-state index in [-0.39, 0.29) is 16.4 Å². The monoisotopic (exact) mass is 448 g/mol. The molecule has 0 fully saturated rings. The van der Waals surface area contributed by atoms with Crippen LogP contribution < -0.4 is 15.0 Å². The summed E-state index contributed by atoms with van der Waals surface area (Å²) >= 11 is 6.17. The summed E-state index contributed by atoms with van der Waals surface area (Å²) in [4.78, 5) is 38.0. The van der Waals surface area contributed by atoms with Crippen molar-refractivity contribution in [3.63, 3.8) is 0 Å². The van der Waals surface area contributed by atoms with Crippen LogP contribution in [0.25, 0.3) is 0 Å². The van der Waals surface area contributed by atoms with E-state index >= 15 is 0 Å². The molecule has 8 heteroatoms. The number of amides is 2. The average molecular weight is 449 g/mol. The third-order valence-electron chi connectivity index (χ3n) is 4.68. The van der Waals surface area contributed by atoms with E-state index in [4.69, 9.17) is 16.3 Å². The van der Waals surface area contributed by atoms with E-state index in [0.29, 0.717) is 22.7 Å². The molecule has 1 N–H and O–H groups in total. The molecule has 160 valence electrons. The van der Waals surface area contributed by atoms with Crippen LogP contribution in [0.5, 0.6) is 11.5 Å². The molecule has 3 aromatic rings. The number of carbonyl (C=O) groups is 3. The first-order valence-electron chi connectivity index (χ1n) is 9.55. The number of hydrogen-bond acceptors (Lipinski definition) is 6. The van der Waals surface area contributed by atoms with E-state index in [1.54, 1.807) is 24.3 Å². The standard InChI is InChI=1S/C24H17ClN2O5/c1-31-24(30)15-7-11-17(12-8-15)27-22(28)20(25)21(23(27)29)26-16-9-13-19(14-10-16)32-18-5-3-2-4-6-18/h2-14,26H,1H3. The van der Waals surface area contributed by atoms with Crippen molar-refractivity contribution in [1.82, 2.24) is 0 Å². The summed E-state index contributed by atoms with van der Waals surface area (Å²) in [5.41, 5.74) is 1.10. The van der Waals surface area contributed by atoms with Crippen LogP contribution in [0.1, 0.15) is 10.4 Å². The topological polar surface area (TPSA) is 84.9 Å². The van der Waals surface area contributed by atoms with Crippen LogP contribution in [0.2, 0.25) is 0 Å². The van der Waals surface area contributed by atoms with Gasteiger partial charge in [0.2, 0.25) is 0 Å². The predicted molar refractivity (Wildman–Crippen MR) is 120 cm³/mol. The highest BCUT2D eigenvalue weighted by Gasteiger charge is 2.39. The Kier molecular flexibility index (Phi) is 5.91. The maximum atomic E-state index is 12.9. The number of benzene rings is 3. The number of esters is 1. The molecule has 2 amide bonds. The number of hydrogen-bond donors (Lipinski definition) is 1. The molecular weight excluding hydrogens is 432 g/mol. The molecule has 0 unspecified atom stereocenters. The lowest BCUT2D eigenvalue weighted by molar-refractivity contribution is -0.120. The zero-order valence-electron chi connectivity index (χ0n) is 16.9. The van der Waals surface area contributed by atoms with Crippen molar-refractivity contribution in [3.05, 3.63) is 95.2 Å². The molecule has 1 aliphatic heterocycles. The Balaban J connectivity index is 1.49. The Morgan fingerprint density at radius 1 is 0.844 bits per heavy atom. The minimum Gasteiger partial charge on any atom is -0.465 e. The molecule has 0 spiro atoms. The molecule has 0 atom stereocenters. The van der Waals surface area contributed by atoms with E-state index in [0.717, 1.165) is 4.90 Å². The maximum Gasteiger partial charge on any atom is 0.337 e. The zero-order valence-corrected chi connectivity index (χ0v) is 17.6. The molecule has 7 nitrogen and oxygen atoms in total. The lowest BCUT2D eigenvalue weighted by atomic mass is 10.2. The van der Waals surface area contributed by atoms with Crippen LogP contribution in [0.15, 0.2) is 89.6 Å². The van der Waals surface area contributed by atoms with E-state index in [1.807, 2.05) is 30.3 Å². The van der Waals surface area contributed by atoms with Crippen LogP contribution >= 0.6 is 11.6 Å². The van der Waals surface area contributed by atoms with Gasteiger partial charge in [-0.2, -0.15) is 0 Å². The number of para-hydroxylation sites is 1. The second kappa shape index (κ2) is 8.95. The van der Waals surface area contributed by atoms with E-state index in [2.05, 4.69) is 10.1 Å². The minimum absolute atomic E-state index is 0.0366. The summed E-state index contributed by atoms with van der Waals surface area (Å²) in [6.07, 6.45) is 0. The van der Waals surface area contributed by atoms with Crippen molar-refractivity contribution in [2.75, 3.05) is 17.3 Å². The van der Waals surface area contributed by atoms with Crippen molar-refractivity contribution in [1.29, 1.82) is 0 Å². The fourth-order valence-corrected chi connectivity index (χ4v) is 3.30. The van der Waals surface area contributed by atoms with E-state index in [1.165, 1.54) is 31.4 Å². The Morgan fingerprint density at radius 2 is 1.47 bits per heavy atom. The van der Waals surface area contributed by atoms with Gasteiger partial charge in [0.15, 0.2) is 0 Å². The first kappa shape index (κ1) is 21.1. The average Bonchev–Trinajstić information content (AvgIpc) is 3.03. The normalized spacial score (nSPS) is 13.4. The summed E-state index contributed by atoms with van der Waals surface area (Å²) in [6.45, 7) is 0. The predicted octanol–water partition coefficient (Wildman–Crippen LogP) is 4.70. The minimum atomic E-state index is -0.658. The molecule has 3 aromatic carbocycles. The highest BCUT2D eigenvalue weighted by molar-refractivity contribution is 6.53. The van der Waals surface area contributed by atoms with Crippen molar-refractivity contribution in [3.8, 4) is 11.5 Å². The third-order valence-corrected chi connectivity index (χ3v) is 5.03. The molecule has 0 aromatic heterocycles. The molecule has 1 aliphatic rings. The number of anilines is 2. The number of ether oxygens (including phenoxy) is 2. The fraction of sp³-hybridized carbons (Fsp3) is 0.0417. The van der Waals surface area contributed by atoms with Gasteiger partial charge in [0.05, 0.1) is 18.4 Å². The molecule has 4 rings (SSSR count). The number of rotatable bonds is 6. The summed E-state index contributed by atoms with van der Waals surface area (Å²) in [7, 11) is 1.27. The third kappa shape index (κ3) is 4.19. The molecule has 0 radical (unpaired) electrons. The van der Waals surface area contributed by atoms with Crippen LogP contribution in [-0.4, -0.2) is 24.9 Å². The van der Waals surface area contributed by atoms with Crippen LogP contribution in [0.4, 0.5) is 11.4 Å². The molecule has 0 saturated carbocycles. The molecule has 0 aliphatic carbocycles. The Labute approximate surface area is 188 Å². The number of nitrogens with zero attached hydrogens (tertiary/aromatic N) is 1. The lowest BCUT2D eigenvalue weighted by Gasteiger charge is -2.15. The molecule has 32 heavy (non-hydrogen) atoms. The van der Waals surface area contributed by atoms with Crippen molar-refractivity contribution in [2.45, 2.75) is 0 Å². The molecule has 0 bridgehead atoms. The SMILES string of the molecule is COC(=O)c1ccc(N2C(=O)C(Cl)=C(Nc3ccc(Oc4ccccc4)cc3)C2=O)cc1. The second-order valence-corrected chi connectivity index (χ2v) is 7.12. The Hall–Kier alpha value is -4.10. The summed E-state index contributed by atoms with van der Waals surface area (Å²) in [5.74, 6) is -0.467. The van der Waals surface area contributed by atoms with Gasteiger partial charge in [0.25, 0.3) is 11.8 Å². The Morgan fingerprint density at radius 3 is 2.09 bits per heavy atom. The van der Waals surface area contributed by atoms with E-state index < -0.39 is 17.8 Å². The van der Waals surface area contributed by atoms with Crippen molar-refractivity contribution >= 4 is 40.8 Å². The maximum absolute atomic E-state index is 12.9. The van der Waals surface area contributed by atoms with E-state index in [9.17, 15) is 14.4 Å². The van der Waals surface area contributed by atoms with Gasteiger partial charge >= 0.3 is 5.97 Å². The summed E-state index contributed by atoms with van der Waals surface area (Å²) in [5, 5.41) is 2.68. The highest BCUT2D eigenvalue weighted by atomic mass is 35.5. The fourth-order valence-electron chi connectivity index (χ4n) is 3.09. The number of nitrogens with one attached hydrogen (secondary N) is 1. The number of halogens is 1. The van der Waals surface area contributed by atoms with Crippen molar-refractivity contribution in [2.24, 2.45) is 0 Å². The van der Waals surface area contributed by atoms with Gasteiger partial charge in [-0.3, -0.25) is 9.59 Å². The quantitative estimate of drug-likeness (QED) is 0.434. The summed E-state index contributed by atoms with van der Waals surface area (Å²) < 4.78 is 10.4. The van der Waals surface area contributed by atoms with Crippen LogP contribution in [0.3, 0.4) is 0 Å². The van der Waals surface area contributed by atoms with Gasteiger partial charge in [0.1, 0.15) is 22.2 Å². The van der Waals surface area contributed by atoms with Crippen molar-refractivity contribution < 1.29 is 23.9 Å². The smallest absolute Gasteiger partial charge is 0.337 e. The van der Waals surface area contributed by atoms with Crippen LogP contribution in [0, 0.1) is 0 Å². The van der Waals surface area contributed by atoms with Gasteiger partial charge in [-0.1, -0.05) is 29.8 Å². The van der Waals surface area contributed by atoms with Crippen LogP contribution in [-0.2, 0) is 14.3 Å². The summed E-state index contributed by atoms with van der Waals surface area (Å²) in [6, 6.07) is 22.1. The highest BCUT2D eigenvalue weighted by Crippen LogP contribution is 2.31. The zero-order chi connectivity index (χ0) is 22.7. The molecule has 0 saturated heterocycles. The number of carbonyl (C=O) groups excluding carboxylic acids is 3. The number of methoxy groups -OCH3 is 1. The second-order valence-electron chi connectivity index (χ2n) is 6.74. The van der Waals surface area contributed by atoms with Gasteiger partial charge in [-0.25, -0.2) is 9.69 Å². The van der Waals surface area contributed by atoms with Gasteiger partial charge in [-0.15, -0.1) is 0 Å². The van der Waals surface area contributed by atoms with Gasteiger partial charge in [0, 0.05) is 5.69 Å². The first-order valence-corrected chi connectivity index (χ1v) is 9.92.